The Morgan fingerprint density at radius 3 is 2.33 bits per heavy atom. The molecule has 15 nitrogen and oxygen atoms in total. The van der Waals surface area contributed by atoms with E-state index in [0.717, 1.165) is 4.90 Å². The van der Waals surface area contributed by atoms with Crippen LogP contribution in [0, 0.1) is 0 Å². The van der Waals surface area contributed by atoms with Gasteiger partial charge in [0.2, 0.25) is 11.8 Å². The molecule has 1 unspecified atom stereocenters. The maximum atomic E-state index is 16.2. The number of rotatable bonds is 8. The first kappa shape index (κ1) is 38.6. The second-order valence-corrected chi connectivity index (χ2v) is 15.1. The monoisotopic (exact) mass is 819 g/mol. The number of fused-ring (bicyclic) bond motifs is 3. The van der Waals surface area contributed by atoms with E-state index >= 15 is 8.78 Å². The maximum absolute atomic E-state index is 16.2. The molecule has 1 atom stereocenters. The molecule has 3 aliphatic heterocycles. The van der Waals surface area contributed by atoms with E-state index in [1.54, 1.807) is 55.8 Å². The fraction of sp³-hybridized carbons (Fsp3) is 0.302. The molecule has 0 aliphatic carbocycles. The van der Waals surface area contributed by atoms with Gasteiger partial charge in [-0.2, -0.15) is 8.78 Å². The van der Waals surface area contributed by atoms with E-state index in [4.69, 9.17) is 14.2 Å². The number of carbonyl (C=O) groups excluding carboxylic acids is 3. The Morgan fingerprint density at radius 2 is 1.63 bits per heavy atom. The molecular weight excluding hydrogens is 781 g/mol. The Hall–Kier alpha value is -6.88. The van der Waals surface area contributed by atoms with Gasteiger partial charge in [0.15, 0.2) is 0 Å². The summed E-state index contributed by atoms with van der Waals surface area (Å²) in [6.07, 6.45) is 3.47. The smallest absolute Gasteiger partial charge is 0.352 e. The number of alkyl halides is 2. The van der Waals surface area contributed by atoms with Crippen molar-refractivity contribution in [2.45, 2.75) is 31.4 Å². The van der Waals surface area contributed by atoms with Crippen molar-refractivity contribution in [3.63, 3.8) is 0 Å². The molecule has 2 saturated heterocycles. The average molecular weight is 820 g/mol. The Bertz CT molecular complexity index is 2910. The number of pyridine rings is 2. The topological polar surface area (TPSA) is 159 Å². The van der Waals surface area contributed by atoms with Gasteiger partial charge in [-0.15, -0.1) is 0 Å². The Kier molecular flexibility index (Phi) is 9.30. The number of imidazole rings is 1. The van der Waals surface area contributed by atoms with E-state index in [0.29, 0.717) is 81.7 Å². The number of methoxy groups -OCH3 is 2. The largest absolute Gasteiger partial charge is 0.496 e. The zero-order valence-corrected chi connectivity index (χ0v) is 33.1. The fourth-order valence-electron chi connectivity index (χ4n) is 8.64. The standard InChI is InChI=1S/C43H39F2N7O8/c1-48-21-28(26-19-36(46-20-27(26)40(48)55)50-12-14-60-15-13-50)24-17-34(58-3)29(35(18-24)59-4)22-51-31-9-8-23(16-30(31)43(44,45)41(51)56)25-6-5-7-32-38(25)49(2)42(57)52(32)33-10-11-37(53)47-39(33)54/h5-9,16-21,33H,10-15,22H2,1-4H3,(H,47,53,54). The Morgan fingerprint density at radius 1 is 0.900 bits per heavy atom. The van der Waals surface area contributed by atoms with Gasteiger partial charge in [0, 0.05) is 62.5 Å². The number of ether oxygens (including phenoxy) is 3. The van der Waals surface area contributed by atoms with Crippen LogP contribution in [0.3, 0.4) is 0 Å². The molecule has 3 aliphatic rings. The minimum Gasteiger partial charge on any atom is -0.496 e. The molecule has 60 heavy (non-hydrogen) atoms. The second kappa shape index (κ2) is 14.4. The summed E-state index contributed by atoms with van der Waals surface area (Å²) in [4.78, 5) is 72.8. The number of benzene rings is 3. The van der Waals surface area contributed by atoms with Crippen LogP contribution in [0.25, 0.3) is 44.1 Å². The summed E-state index contributed by atoms with van der Waals surface area (Å²) in [5.74, 6) is -5.15. The van der Waals surface area contributed by atoms with Crippen molar-refractivity contribution in [3.05, 3.63) is 99.0 Å². The number of imide groups is 1. The number of aryl methyl sites for hydroxylation is 2. The number of morpholine rings is 1. The number of aromatic nitrogens is 4. The zero-order chi connectivity index (χ0) is 42.2. The number of nitrogens with zero attached hydrogens (tertiary/aromatic N) is 6. The van der Waals surface area contributed by atoms with Crippen molar-refractivity contribution in [3.8, 4) is 33.8 Å². The van der Waals surface area contributed by atoms with Crippen LogP contribution in [0.1, 0.15) is 30.0 Å². The van der Waals surface area contributed by atoms with Gasteiger partial charge in [0.1, 0.15) is 23.4 Å². The molecule has 0 saturated carbocycles. The number of anilines is 2. The van der Waals surface area contributed by atoms with Crippen molar-refractivity contribution in [2.24, 2.45) is 14.1 Å². The molecule has 3 aromatic carbocycles. The van der Waals surface area contributed by atoms with Crippen LogP contribution >= 0.6 is 0 Å². The molecule has 2 fully saturated rings. The molecule has 3 amide bonds. The van der Waals surface area contributed by atoms with Gasteiger partial charge in [-0.1, -0.05) is 18.2 Å². The van der Waals surface area contributed by atoms with Crippen molar-refractivity contribution in [2.75, 3.05) is 50.3 Å². The van der Waals surface area contributed by atoms with Gasteiger partial charge in [0.25, 0.3) is 5.56 Å². The molecule has 9 rings (SSSR count). The predicted molar refractivity (Wildman–Crippen MR) is 218 cm³/mol. The number of hydrogen-bond acceptors (Lipinski definition) is 10. The van der Waals surface area contributed by atoms with E-state index in [1.165, 1.54) is 47.1 Å². The highest BCUT2D eigenvalue weighted by Crippen LogP contribution is 2.48. The number of carbonyl (C=O) groups is 3. The summed E-state index contributed by atoms with van der Waals surface area (Å²) in [6, 6.07) is 13.7. The lowest BCUT2D eigenvalue weighted by Gasteiger charge is -2.28. The molecule has 0 bridgehead atoms. The predicted octanol–water partition coefficient (Wildman–Crippen LogP) is 4.39. The number of piperidine rings is 1. The van der Waals surface area contributed by atoms with Crippen LogP contribution in [-0.4, -0.2) is 76.9 Å². The molecular formula is C43H39F2N7O8. The van der Waals surface area contributed by atoms with E-state index in [9.17, 15) is 24.0 Å². The molecule has 0 radical (unpaired) electrons. The molecule has 6 heterocycles. The first-order valence-electron chi connectivity index (χ1n) is 19.3. The minimum absolute atomic E-state index is 0.0173. The van der Waals surface area contributed by atoms with Gasteiger partial charge in [-0.05, 0) is 53.9 Å². The lowest BCUT2D eigenvalue weighted by Crippen LogP contribution is -2.44. The fourth-order valence-corrected chi connectivity index (χ4v) is 8.64. The summed E-state index contributed by atoms with van der Waals surface area (Å²) in [7, 11) is 6.04. The minimum atomic E-state index is -3.91. The third-order valence-electron chi connectivity index (χ3n) is 11.7. The Labute approximate surface area is 340 Å². The molecule has 6 aromatic rings. The van der Waals surface area contributed by atoms with E-state index < -0.39 is 40.9 Å². The van der Waals surface area contributed by atoms with Crippen LogP contribution < -0.4 is 35.8 Å². The summed E-state index contributed by atoms with van der Waals surface area (Å²) in [6.45, 7) is 2.07. The summed E-state index contributed by atoms with van der Waals surface area (Å²) < 4.78 is 53.6. The lowest BCUT2D eigenvalue weighted by molar-refractivity contribution is -0.141. The van der Waals surface area contributed by atoms with E-state index in [-0.39, 0.29) is 42.1 Å². The highest BCUT2D eigenvalue weighted by atomic mass is 19.3. The molecule has 1 N–H and O–H groups in total. The summed E-state index contributed by atoms with van der Waals surface area (Å²) in [5.41, 5.74) is 1.89. The van der Waals surface area contributed by atoms with Gasteiger partial charge in [0.05, 0.1) is 67.2 Å². The number of amides is 3. The first-order valence-corrected chi connectivity index (χ1v) is 19.3. The normalized spacial score (nSPS) is 17.7. The quantitative estimate of drug-likeness (QED) is 0.219. The maximum Gasteiger partial charge on any atom is 0.352 e. The van der Waals surface area contributed by atoms with Crippen molar-refractivity contribution in [1.82, 2.24) is 24.0 Å². The van der Waals surface area contributed by atoms with Crippen LogP contribution in [0.5, 0.6) is 11.5 Å². The number of halogens is 2. The third-order valence-corrected chi connectivity index (χ3v) is 11.7. The van der Waals surface area contributed by atoms with Crippen molar-refractivity contribution in [1.29, 1.82) is 0 Å². The van der Waals surface area contributed by atoms with Gasteiger partial charge in [-0.3, -0.25) is 33.6 Å². The molecule has 0 spiro atoms. The zero-order valence-electron chi connectivity index (χ0n) is 33.1. The summed E-state index contributed by atoms with van der Waals surface area (Å²) in [5, 5.41) is 3.33. The molecule has 308 valence electrons. The number of nitrogens with one attached hydrogen (secondary N) is 1. The SMILES string of the molecule is COc1cc(-c2cn(C)c(=O)c3cnc(N4CCOCC4)cc23)cc(OC)c1CN1C(=O)C(F)(F)c2cc(-c3cccc4c3n(C)c(=O)n4C3CCC(=O)NC3=O)ccc21. The summed E-state index contributed by atoms with van der Waals surface area (Å²) >= 11 is 0. The number of para-hydroxylation sites is 1. The average Bonchev–Trinajstić information content (AvgIpc) is 3.62. The first-order chi connectivity index (χ1) is 28.8. The lowest BCUT2D eigenvalue weighted by atomic mass is 9.98. The molecule has 3 aromatic heterocycles. The van der Waals surface area contributed by atoms with Crippen LogP contribution in [-0.2, 0) is 45.7 Å². The number of hydrogen-bond donors (Lipinski definition) is 1. The van der Waals surface area contributed by atoms with Crippen LogP contribution in [0.4, 0.5) is 20.3 Å². The third kappa shape index (κ3) is 6.01. The van der Waals surface area contributed by atoms with Gasteiger partial charge in [-0.25, -0.2) is 9.78 Å². The van der Waals surface area contributed by atoms with Crippen molar-refractivity contribution < 1.29 is 37.4 Å². The highest BCUT2D eigenvalue weighted by molar-refractivity contribution is 6.07. The highest BCUT2D eigenvalue weighted by Gasteiger charge is 2.53. The van der Waals surface area contributed by atoms with Gasteiger partial charge < -0.3 is 28.6 Å². The second-order valence-electron chi connectivity index (χ2n) is 15.1. The van der Waals surface area contributed by atoms with Crippen molar-refractivity contribution >= 4 is 51.0 Å². The van der Waals surface area contributed by atoms with Gasteiger partial charge >= 0.3 is 17.5 Å². The molecule has 17 heteroatoms. The van der Waals surface area contributed by atoms with E-state index in [2.05, 4.69) is 15.2 Å². The van der Waals surface area contributed by atoms with Crippen LogP contribution in [0.15, 0.2) is 76.6 Å². The van der Waals surface area contributed by atoms with E-state index in [1.807, 2.05) is 6.07 Å². The Balaban J connectivity index is 1.10. The van der Waals surface area contributed by atoms with Crippen LogP contribution in [0.2, 0.25) is 0 Å².